The summed E-state index contributed by atoms with van der Waals surface area (Å²) in [5, 5.41) is 9.52. The van der Waals surface area contributed by atoms with E-state index >= 15 is 0 Å². The Hall–Kier alpha value is -0.610. The van der Waals surface area contributed by atoms with E-state index in [0.717, 1.165) is 17.2 Å². The molecule has 1 N–H and O–H groups in total. The standard InChI is InChI=1S/C11H16N2OS/c1-8-6-9(7-14)13-11(12-8)10-4-2-3-5-15-10/h6,10,14H,2-5,7H2,1H3. The second kappa shape index (κ2) is 4.94. The minimum Gasteiger partial charge on any atom is -0.390 e. The molecule has 0 aromatic carbocycles. The molecule has 0 saturated carbocycles. The topological polar surface area (TPSA) is 46.0 Å². The Bertz CT molecular complexity index is 337. The Morgan fingerprint density at radius 1 is 1.47 bits per heavy atom. The molecule has 0 amide bonds. The summed E-state index contributed by atoms with van der Waals surface area (Å²) >= 11 is 1.94. The lowest BCUT2D eigenvalue weighted by Gasteiger charge is -2.20. The fourth-order valence-electron chi connectivity index (χ4n) is 1.83. The van der Waals surface area contributed by atoms with Crippen molar-refractivity contribution >= 4 is 11.8 Å². The molecule has 0 bridgehead atoms. The van der Waals surface area contributed by atoms with Gasteiger partial charge in [0.05, 0.1) is 17.6 Å². The number of thioether (sulfide) groups is 1. The lowest BCUT2D eigenvalue weighted by molar-refractivity contribution is 0.276. The maximum atomic E-state index is 9.09. The number of aliphatic hydroxyl groups excluding tert-OH is 1. The van der Waals surface area contributed by atoms with Crippen LogP contribution in [0.3, 0.4) is 0 Å². The molecule has 15 heavy (non-hydrogen) atoms. The van der Waals surface area contributed by atoms with Gasteiger partial charge in [0.2, 0.25) is 0 Å². The predicted octanol–water partition coefficient (Wildman–Crippen LogP) is 2.24. The molecule has 2 heterocycles. The first kappa shape index (κ1) is 10.9. The number of hydrogen-bond acceptors (Lipinski definition) is 4. The average molecular weight is 224 g/mol. The molecule has 1 unspecified atom stereocenters. The summed E-state index contributed by atoms with van der Waals surface area (Å²) in [6, 6.07) is 1.84. The Balaban J connectivity index is 2.22. The number of nitrogens with zero attached hydrogens (tertiary/aromatic N) is 2. The zero-order chi connectivity index (χ0) is 10.7. The Morgan fingerprint density at radius 2 is 2.33 bits per heavy atom. The minimum atomic E-state index is 0.00769. The van der Waals surface area contributed by atoms with Gasteiger partial charge in [0.1, 0.15) is 5.82 Å². The van der Waals surface area contributed by atoms with Crippen molar-refractivity contribution in [2.45, 2.75) is 38.0 Å². The molecule has 0 radical (unpaired) electrons. The number of aryl methyl sites for hydroxylation is 1. The van der Waals surface area contributed by atoms with E-state index in [1.54, 1.807) is 0 Å². The molecule has 4 heteroatoms. The van der Waals surface area contributed by atoms with Gasteiger partial charge in [-0.05, 0) is 31.6 Å². The highest BCUT2D eigenvalue weighted by atomic mass is 32.2. The van der Waals surface area contributed by atoms with Crippen molar-refractivity contribution in [3.63, 3.8) is 0 Å². The highest BCUT2D eigenvalue weighted by Gasteiger charge is 2.19. The van der Waals surface area contributed by atoms with Crippen molar-refractivity contribution in [2.24, 2.45) is 0 Å². The molecule has 1 aliphatic rings. The second-order valence-electron chi connectivity index (χ2n) is 3.87. The molecular weight excluding hydrogens is 208 g/mol. The van der Waals surface area contributed by atoms with Crippen LogP contribution in [0.1, 0.15) is 41.7 Å². The normalized spacial score (nSPS) is 21.6. The van der Waals surface area contributed by atoms with Crippen LogP contribution in [0.2, 0.25) is 0 Å². The number of rotatable bonds is 2. The second-order valence-corrected chi connectivity index (χ2v) is 5.18. The summed E-state index contributed by atoms with van der Waals surface area (Å²) in [6.07, 6.45) is 3.74. The molecular formula is C11H16N2OS. The first-order chi connectivity index (χ1) is 7.29. The number of hydrogen-bond donors (Lipinski definition) is 1. The molecule has 82 valence electrons. The van der Waals surface area contributed by atoms with E-state index in [9.17, 15) is 0 Å². The van der Waals surface area contributed by atoms with Crippen molar-refractivity contribution in [1.82, 2.24) is 9.97 Å². The molecule has 1 atom stereocenters. The number of aromatic nitrogens is 2. The smallest absolute Gasteiger partial charge is 0.141 e. The molecule has 1 aromatic heterocycles. The zero-order valence-electron chi connectivity index (χ0n) is 8.94. The molecule has 1 aromatic rings. The molecule has 0 spiro atoms. The van der Waals surface area contributed by atoms with Gasteiger partial charge in [0, 0.05) is 5.69 Å². The van der Waals surface area contributed by atoms with Crippen LogP contribution in [0.4, 0.5) is 0 Å². The van der Waals surface area contributed by atoms with Crippen LogP contribution in [0, 0.1) is 6.92 Å². The fraction of sp³-hybridized carbons (Fsp3) is 0.636. The van der Waals surface area contributed by atoms with Crippen LogP contribution in [0.15, 0.2) is 6.07 Å². The molecule has 2 rings (SSSR count). The maximum Gasteiger partial charge on any atom is 0.141 e. The lowest BCUT2D eigenvalue weighted by Crippen LogP contribution is -2.09. The first-order valence-electron chi connectivity index (χ1n) is 5.36. The fourth-order valence-corrected chi connectivity index (χ4v) is 3.07. The minimum absolute atomic E-state index is 0.00769. The third-order valence-corrected chi connectivity index (χ3v) is 3.93. The third kappa shape index (κ3) is 2.69. The zero-order valence-corrected chi connectivity index (χ0v) is 9.76. The summed E-state index contributed by atoms with van der Waals surface area (Å²) in [4.78, 5) is 8.86. The average Bonchev–Trinajstić information content (AvgIpc) is 2.29. The Morgan fingerprint density at radius 3 is 3.00 bits per heavy atom. The molecule has 1 saturated heterocycles. The van der Waals surface area contributed by atoms with Gasteiger partial charge in [0.25, 0.3) is 0 Å². The lowest BCUT2D eigenvalue weighted by atomic mass is 10.1. The van der Waals surface area contributed by atoms with E-state index in [2.05, 4.69) is 9.97 Å². The Kier molecular flexibility index (Phi) is 3.59. The summed E-state index contributed by atoms with van der Waals surface area (Å²) in [7, 11) is 0. The van der Waals surface area contributed by atoms with E-state index in [4.69, 9.17) is 5.11 Å². The van der Waals surface area contributed by atoms with Crippen LogP contribution >= 0.6 is 11.8 Å². The summed E-state index contributed by atoms with van der Waals surface area (Å²) in [5.41, 5.74) is 1.69. The van der Waals surface area contributed by atoms with Crippen molar-refractivity contribution in [1.29, 1.82) is 0 Å². The highest BCUT2D eigenvalue weighted by Crippen LogP contribution is 2.36. The van der Waals surface area contributed by atoms with Crippen LogP contribution in [0.5, 0.6) is 0 Å². The van der Waals surface area contributed by atoms with Crippen LogP contribution in [-0.2, 0) is 6.61 Å². The predicted molar refractivity (Wildman–Crippen MR) is 61.7 cm³/mol. The summed E-state index contributed by atoms with van der Waals surface area (Å²) in [5.74, 6) is 2.11. The van der Waals surface area contributed by atoms with Gasteiger partial charge in [0.15, 0.2) is 0 Å². The third-order valence-electron chi connectivity index (χ3n) is 2.55. The molecule has 3 nitrogen and oxygen atoms in total. The molecule has 0 aliphatic carbocycles. The van der Waals surface area contributed by atoms with Crippen molar-refractivity contribution in [2.75, 3.05) is 5.75 Å². The van der Waals surface area contributed by atoms with Gasteiger partial charge in [-0.15, -0.1) is 0 Å². The van der Waals surface area contributed by atoms with Gasteiger partial charge in [-0.1, -0.05) is 6.42 Å². The van der Waals surface area contributed by atoms with E-state index < -0.39 is 0 Å². The van der Waals surface area contributed by atoms with E-state index in [-0.39, 0.29) is 6.61 Å². The Labute approximate surface area is 94.3 Å². The van der Waals surface area contributed by atoms with E-state index in [1.807, 2.05) is 24.8 Å². The monoisotopic (exact) mass is 224 g/mol. The molecule has 1 fully saturated rings. The van der Waals surface area contributed by atoms with Crippen LogP contribution in [0.25, 0.3) is 0 Å². The SMILES string of the molecule is Cc1cc(CO)nc(C2CCCCS2)n1. The summed E-state index contributed by atoms with van der Waals surface area (Å²) < 4.78 is 0. The van der Waals surface area contributed by atoms with E-state index in [1.165, 1.54) is 25.0 Å². The van der Waals surface area contributed by atoms with Gasteiger partial charge in [-0.3, -0.25) is 0 Å². The molecule has 1 aliphatic heterocycles. The van der Waals surface area contributed by atoms with Gasteiger partial charge >= 0.3 is 0 Å². The van der Waals surface area contributed by atoms with Gasteiger partial charge < -0.3 is 5.11 Å². The van der Waals surface area contributed by atoms with Crippen molar-refractivity contribution < 1.29 is 5.11 Å². The summed E-state index contributed by atoms with van der Waals surface area (Å²) in [6.45, 7) is 1.96. The van der Waals surface area contributed by atoms with Gasteiger partial charge in [-0.2, -0.15) is 11.8 Å². The van der Waals surface area contributed by atoms with Crippen LogP contribution < -0.4 is 0 Å². The first-order valence-corrected chi connectivity index (χ1v) is 6.41. The quantitative estimate of drug-likeness (QED) is 0.837. The number of aliphatic hydroxyl groups is 1. The maximum absolute atomic E-state index is 9.09. The van der Waals surface area contributed by atoms with Gasteiger partial charge in [-0.25, -0.2) is 9.97 Å². The van der Waals surface area contributed by atoms with Crippen molar-refractivity contribution in [3.8, 4) is 0 Å². The van der Waals surface area contributed by atoms with Crippen molar-refractivity contribution in [3.05, 3.63) is 23.3 Å². The van der Waals surface area contributed by atoms with E-state index in [0.29, 0.717) is 5.25 Å². The highest BCUT2D eigenvalue weighted by molar-refractivity contribution is 7.99. The van der Waals surface area contributed by atoms with Crippen LogP contribution in [-0.4, -0.2) is 20.8 Å². The largest absolute Gasteiger partial charge is 0.390 e.